The fourth-order valence-electron chi connectivity index (χ4n) is 1.70. The summed E-state index contributed by atoms with van der Waals surface area (Å²) in [6, 6.07) is 0. The van der Waals surface area contributed by atoms with Crippen LogP contribution in [0.1, 0.15) is 33.6 Å². The lowest BCUT2D eigenvalue weighted by atomic mass is 10.3. The number of sulfone groups is 1. The molecule has 0 aromatic heterocycles. The zero-order valence-corrected chi connectivity index (χ0v) is 12.9. The average Bonchev–Trinajstić information content (AvgIpc) is 2.19. The highest BCUT2D eigenvalue weighted by Crippen LogP contribution is 2.17. The second-order valence-electron chi connectivity index (χ2n) is 5.23. The average molecular weight is 317 g/mol. The summed E-state index contributed by atoms with van der Waals surface area (Å²) in [7, 11) is -3.66. The number of unbranched alkanes of at least 4 members (excludes halogenated alkanes) is 1. The second kappa shape index (κ2) is 7.85. The number of hydrogen-bond donors (Lipinski definition) is 0. The van der Waals surface area contributed by atoms with Gasteiger partial charge in [-0.15, -0.1) is 0 Å². The molecule has 8 heteroatoms. The summed E-state index contributed by atoms with van der Waals surface area (Å²) in [5.41, 5.74) is 0. The van der Waals surface area contributed by atoms with Crippen molar-refractivity contribution in [3.05, 3.63) is 0 Å². The van der Waals surface area contributed by atoms with E-state index in [-0.39, 0.29) is 18.2 Å². The number of alkyl halides is 3. The van der Waals surface area contributed by atoms with Crippen molar-refractivity contribution in [2.45, 2.75) is 39.8 Å². The Labute approximate surface area is 118 Å². The highest BCUT2D eigenvalue weighted by Gasteiger charge is 2.34. The Hall–Kier alpha value is -0.790. The number of halogens is 3. The predicted octanol–water partition coefficient (Wildman–Crippen LogP) is 2.25. The van der Waals surface area contributed by atoms with Gasteiger partial charge in [0.15, 0.2) is 9.84 Å². The van der Waals surface area contributed by atoms with Gasteiger partial charge < -0.3 is 4.90 Å². The van der Waals surface area contributed by atoms with E-state index in [2.05, 4.69) is 0 Å². The van der Waals surface area contributed by atoms with Crippen molar-refractivity contribution in [3.8, 4) is 0 Å². The Balaban J connectivity index is 4.78. The Morgan fingerprint density at radius 2 is 1.80 bits per heavy atom. The van der Waals surface area contributed by atoms with Crippen molar-refractivity contribution in [1.82, 2.24) is 4.90 Å². The number of rotatable bonds is 8. The van der Waals surface area contributed by atoms with E-state index in [9.17, 15) is 26.4 Å². The Morgan fingerprint density at radius 1 is 1.25 bits per heavy atom. The molecule has 0 saturated heterocycles. The third-order valence-corrected chi connectivity index (χ3v) is 4.30. The molecule has 0 aromatic carbocycles. The fraction of sp³-hybridized carbons (Fsp3) is 0.917. The maximum atomic E-state index is 12.4. The Bertz CT molecular complexity index is 405. The van der Waals surface area contributed by atoms with Gasteiger partial charge in [-0.05, 0) is 12.3 Å². The third-order valence-electron chi connectivity index (χ3n) is 2.44. The van der Waals surface area contributed by atoms with Crippen molar-refractivity contribution in [2.75, 3.05) is 24.6 Å². The number of carbonyl (C=O) groups excluding carboxylic acids is 1. The van der Waals surface area contributed by atoms with Crippen molar-refractivity contribution < 1.29 is 26.4 Å². The van der Waals surface area contributed by atoms with E-state index in [1.54, 1.807) is 20.8 Å². The van der Waals surface area contributed by atoms with Gasteiger partial charge in [-0.1, -0.05) is 27.2 Å². The predicted molar refractivity (Wildman–Crippen MR) is 71.0 cm³/mol. The topological polar surface area (TPSA) is 54.5 Å². The van der Waals surface area contributed by atoms with Gasteiger partial charge in [0.2, 0.25) is 5.91 Å². The monoisotopic (exact) mass is 317 g/mol. The van der Waals surface area contributed by atoms with E-state index < -0.39 is 34.2 Å². The Kier molecular flexibility index (Phi) is 7.54. The van der Waals surface area contributed by atoms with E-state index in [0.29, 0.717) is 17.7 Å². The van der Waals surface area contributed by atoms with Crippen molar-refractivity contribution in [3.63, 3.8) is 0 Å². The lowest BCUT2D eigenvalue weighted by molar-refractivity contribution is -0.159. The standard InChI is InChI=1S/C12H22F3NO3S/c1-4-5-6-16(9-12(13,14)15)11(17)8-20(18,19)7-10(2)3/h10H,4-9H2,1-3H3. The molecule has 0 heterocycles. The molecule has 0 bridgehead atoms. The Morgan fingerprint density at radius 3 is 2.20 bits per heavy atom. The summed E-state index contributed by atoms with van der Waals surface area (Å²) < 4.78 is 60.5. The van der Waals surface area contributed by atoms with E-state index in [0.717, 1.165) is 0 Å². The molecule has 0 radical (unpaired) electrons. The van der Waals surface area contributed by atoms with Crippen LogP contribution in [0.15, 0.2) is 0 Å². The molecule has 120 valence electrons. The summed E-state index contributed by atoms with van der Waals surface area (Å²) in [5.74, 6) is -2.20. The molecule has 1 amide bonds. The van der Waals surface area contributed by atoms with Gasteiger partial charge in [-0.3, -0.25) is 4.79 Å². The van der Waals surface area contributed by atoms with Crippen LogP contribution in [-0.4, -0.2) is 50.0 Å². The molecule has 0 atom stereocenters. The second-order valence-corrected chi connectivity index (χ2v) is 7.34. The zero-order chi connectivity index (χ0) is 16.0. The molecule has 0 aromatic rings. The van der Waals surface area contributed by atoms with Crippen molar-refractivity contribution in [2.24, 2.45) is 5.92 Å². The van der Waals surface area contributed by atoms with Gasteiger partial charge in [0, 0.05) is 6.54 Å². The molecule has 0 aliphatic heterocycles. The first kappa shape index (κ1) is 19.2. The summed E-state index contributed by atoms with van der Waals surface area (Å²) in [6.07, 6.45) is -3.49. The fourth-order valence-corrected chi connectivity index (χ4v) is 3.40. The van der Waals surface area contributed by atoms with Crippen LogP contribution in [0.5, 0.6) is 0 Å². The van der Waals surface area contributed by atoms with E-state index >= 15 is 0 Å². The smallest absolute Gasteiger partial charge is 0.333 e. The highest BCUT2D eigenvalue weighted by atomic mass is 32.2. The summed E-state index contributed by atoms with van der Waals surface area (Å²) in [6.45, 7) is 3.65. The molecule has 0 rings (SSSR count). The van der Waals surface area contributed by atoms with Crippen LogP contribution >= 0.6 is 0 Å². The van der Waals surface area contributed by atoms with Gasteiger partial charge in [0.05, 0.1) is 5.75 Å². The third kappa shape index (κ3) is 9.17. The molecule has 0 saturated carbocycles. The van der Waals surface area contributed by atoms with E-state index in [4.69, 9.17) is 0 Å². The molecule has 0 fully saturated rings. The van der Waals surface area contributed by atoms with Gasteiger partial charge >= 0.3 is 6.18 Å². The van der Waals surface area contributed by atoms with Gasteiger partial charge in [0.1, 0.15) is 12.3 Å². The molecule has 0 aliphatic carbocycles. The maximum absolute atomic E-state index is 12.4. The first-order valence-corrected chi connectivity index (χ1v) is 8.34. The normalized spacial score (nSPS) is 12.8. The minimum atomic E-state index is -4.52. The summed E-state index contributed by atoms with van der Waals surface area (Å²) in [5, 5.41) is 0. The zero-order valence-electron chi connectivity index (χ0n) is 12.0. The lowest BCUT2D eigenvalue weighted by Gasteiger charge is -2.24. The number of amides is 1. The van der Waals surface area contributed by atoms with Crippen molar-refractivity contribution in [1.29, 1.82) is 0 Å². The summed E-state index contributed by atoms with van der Waals surface area (Å²) in [4.78, 5) is 12.4. The minimum Gasteiger partial charge on any atom is -0.333 e. The van der Waals surface area contributed by atoms with Crippen molar-refractivity contribution >= 4 is 15.7 Å². The number of hydrogen-bond acceptors (Lipinski definition) is 3. The van der Waals surface area contributed by atoms with Crippen LogP contribution in [0, 0.1) is 5.92 Å². The van der Waals surface area contributed by atoms with Crippen LogP contribution in [0.2, 0.25) is 0 Å². The lowest BCUT2D eigenvalue weighted by Crippen LogP contribution is -2.42. The van der Waals surface area contributed by atoms with Crippen LogP contribution in [0.25, 0.3) is 0 Å². The van der Waals surface area contributed by atoms with Gasteiger partial charge in [-0.25, -0.2) is 8.42 Å². The first-order valence-electron chi connectivity index (χ1n) is 6.51. The van der Waals surface area contributed by atoms with Crippen LogP contribution < -0.4 is 0 Å². The van der Waals surface area contributed by atoms with Crippen LogP contribution in [0.3, 0.4) is 0 Å². The van der Waals surface area contributed by atoms with Gasteiger partial charge in [0.25, 0.3) is 0 Å². The molecule has 4 nitrogen and oxygen atoms in total. The minimum absolute atomic E-state index is 0.0773. The highest BCUT2D eigenvalue weighted by molar-refractivity contribution is 7.92. The van der Waals surface area contributed by atoms with Crippen LogP contribution in [-0.2, 0) is 14.6 Å². The molecule has 0 N–H and O–H groups in total. The first-order chi connectivity index (χ1) is 8.97. The summed E-state index contributed by atoms with van der Waals surface area (Å²) >= 11 is 0. The molecule has 0 spiro atoms. The van der Waals surface area contributed by atoms with Crippen LogP contribution in [0.4, 0.5) is 13.2 Å². The van der Waals surface area contributed by atoms with E-state index in [1.807, 2.05) is 0 Å². The molecule has 0 aliphatic rings. The quantitative estimate of drug-likeness (QED) is 0.690. The number of carbonyl (C=O) groups is 1. The molecular formula is C12H22F3NO3S. The number of nitrogens with zero attached hydrogens (tertiary/aromatic N) is 1. The molecule has 20 heavy (non-hydrogen) atoms. The molecule has 0 unspecified atom stereocenters. The SMILES string of the molecule is CCCCN(CC(F)(F)F)C(=O)CS(=O)(=O)CC(C)C. The maximum Gasteiger partial charge on any atom is 0.406 e. The largest absolute Gasteiger partial charge is 0.406 e. The molecular weight excluding hydrogens is 295 g/mol. The van der Waals surface area contributed by atoms with E-state index in [1.165, 1.54) is 0 Å². The van der Waals surface area contributed by atoms with Gasteiger partial charge in [-0.2, -0.15) is 13.2 Å².